The molecule has 0 atom stereocenters. The van der Waals surface area contributed by atoms with Crippen LogP contribution in [0.3, 0.4) is 0 Å². The second-order valence-corrected chi connectivity index (χ2v) is 22.8. The highest BCUT2D eigenvalue weighted by molar-refractivity contribution is 6.13. The molecule has 1 aromatic heterocycles. The van der Waals surface area contributed by atoms with Crippen molar-refractivity contribution < 1.29 is 4.42 Å². The Balaban J connectivity index is 0.865. The molecule has 2 nitrogen and oxygen atoms in total. The number of furan rings is 1. The first-order chi connectivity index (χ1) is 38.1. The first-order valence-corrected chi connectivity index (χ1v) is 28.5. The van der Waals surface area contributed by atoms with Crippen molar-refractivity contribution >= 4 is 60.5 Å². The lowest BCUT2D eigenvalue weighted by Gasteiger charge is -2.34. The van der Waals surface area contributed by atoms with Crippen molar-refractivity contribution in [1.29, 1.82) is 0 Å². The Morgan fingerprint density at radius 1 is 0.338 bits per heavy atom. The molecule has 16 rings (SSSR count). The van der Waals surface area contributed by atoms with E-state index in [2.05, 4.69) is 229 Å². The molecule has 12 aromatic rings. The second-order valence-electron chi connectivity index (χ2n) is 22.8. The molecule has 0 aliphatic heterocycles. The summed E-state index contributed by atoms with van der Waals surface area (Å²) in [7, 11) is 0. The van der Waals surface area contributed by atoms with E-state index in [1.54, 1.807) is 0 Å². The van der Waals surface area contributed by atoms with Crippen LogP contribution in [0.25, 0.3) is 88.0 Å². The van der Waals surface area contributed by atoms with Gasteiger partial charge in [0.1, 0.15) is 11.2 Å². The Morgan fingerprint density at radius 2 is 0.831 bits per heavy atom. The zero-order valence-electron chi connectivity index (χ0n) is 43.4. The van der Waals surface area contributed by atoms with Gasteiger partial charge >= 0.3 is 0 Å². The van der Waals surface area contributed by atoms with Gasteiger partial charge in [0.2, 0.25) is 0 Å². The van der Waals surface area contributed by atoms with Gasteiger partial charge < -0.3 is 9.32 Å². The summed E-state index contributed by atoms with van der Waals surface area (Å²) in [6.07, 6.45) is 13.1. The summed E-state index contributed by atoms with van der Waals surface area (Å²) in [4.78, 5) is 2.51. The lowest BCUT2D eigenvalue weighted by molar-refractivity contribution is 0.443. The maximum absolute atomic E-state index is 6.64. The molecule has 2 heteroatoms. The molecule has 1 spiro atoms. The maximum Gasteiger partial charge on any atom is 0.137 e. The van der Waals surface area contributed by atoms with Crippen LogP contribution in [0.5, 0.6) is 0 Å². The van der Waals surface area contributed by atoms with E-state index in [4.69, 9.17) is 4.42 Å². The number of hydrogen-bond donors (Lipinski definition) is 0. The van der Waals surface area contributed by atoms with E-state index < -0.39 is 5.41 Å². The smallest absolute Gasteiger partial charge is 0.137 e. The van der Waals surface area contributed by atoms with Gasteiger partial charge in [-0.2, -0.15) is 0 Å². The Kier molecular flexibility index (Phi) is 10.4. The molecule has 77 heavy (non-hydrogen) atoms. The summed E-state index contributed by atoms with van der Waals surface area (Å²) in [5, 5.41) is 7.24. The minimum Gasteiger partial charge on any atom is -0.456 e. The van der Waals surface area contributed by atoms with Crippen molar-refractivity contribution in [1.82, 2.24) is 0 Å². The van der Waals surface area contributed by atoms with Crippen LogP contribution in [0, 0.1) is 0 Å². The fourth-order valence-electron chi connectivity index (χ4n) is 14.9. The third-order valence-corrected chi connectivity index (χ3v) is 18.6. The van der Waals surface area contributed by atoms with Crippen LogP contribution in [-0.4, -0.2) is 0 Å². The van der Waals surface area contributed by atoms with Crippen LogP contribution >= 0.6 is 0 Å². The first kappa shape index (κ1) is 44.8. The van der Waals surface area contributed by atoms with Crippen LogP contribution in [0.1, 0.15) is 109 Å². The fraction of sp³-hybridized carbons (Fsp3) is 0.173. The SMILES string of the molecule is c1ccc2c(c1)-c1ccc(N(c3ccc(-c4ccc5cc(-c6ccc7ccccc7c6)ccc5c4)cc3)c3cccc4oc5ccccc5c34)cc1C21c2cc(C3CCCCC3)ccc2-c2ccc(C3CCCCC3)cc21. The molecule has 370 valence electrons. The molecule has 0 N–H and O–H groups in total. The number of para-hydroxylation sites is 1. The van der Waals surface area contributed by atoms with Crippen LogP contribution in [0.15, 0.2) is 229 Å². The Labute approximate surface area is 451 Å². The predicted octanol–water partition coefficient (Wildman–Crippen LogP) is 21.1. The highest BCUT2D eigenvalue weighted by atomic mass is 16.3. The van der Waals surface area contributed by atoms with Gasteiger partial charge in [0.05, 0.1) is 16.5 Å². The number of nitrogens with zero attached hydrogens (tertiary/aromatic N) is 1. The summed E-state index contributed by atoms with van der Waals surface area (Å²) in [6.45, 7) is 0. The molecule has 2 fully saturated rings. The normalized spacial score (nSPS) is 15.8. The zero-order valence-corrected chi connectivity index (χ0v) is 43.4. The number of fused-ring (bicyclic) bond motifs is 15. The molecule has 1 heterocycles. The lowest BCUT2D eigenvalue weighted by Crippen LogP contribution is -2.27. The summed E-state index contributed by atoms with van der Waals surface area (Å²) >= 11 is 0. The van der Waals surface area contributed by atoms with Gasteiger partial charge in [-0.25, -0.2) is 0 Å². The minimum atomic E-state index is -0.474. The van der Waals surface area contributed by atoms with Crippen molar-refractivity contribution in [2.75, 3.05) is 4.90 Å². The number of hydrogen-bond acceptors (Lipinski definition) is 2. The van der Waals surface area contributed by atoms with Gasteiger partial charge in [-0.3, -0.25) is 0 Å². The maximum atomic E-state index is 6.64. The predicted molar refractivity (Wildman–Crippen MR) is 322 cm³/mol. The number of anilines is 3. The molecule has 4 aliphatic carbocycles. The molecule has 0 saturated heterocycles. The lowest BCUT2D eigenvalue weighted by atomic mass is 9.69. The first-order valence-electron chi connectivity index (χ1n) is 28.5. The topological polar surface area (TPSA) is 16.4 Å². The highest BCUT2D eigenvalue weighted by Crippen LogP contribution is 2.64. The van der Waals surface area contributed by atoms with Gasteiger partial charge in [-0.1, -0.05) is 202 Å². The Morgan fingerprint density at radius 3 is 1.51 bits per heavy atom. The van der Waals surface area contributed by atoms with Gasteiger partial charge in [0.25, 0.3) is 0 Å². The number of rotatable bonds is 7. The molecule has 4 aliphatic rings. The second kappa shape index (κ2) is 17.8. The molecule has 0 unspecified atom stereocenters. The zero-order chi connectivity index (χ0) is 50.6. The van der Waals surface area contributed by atoms with Crippen LogP contribution in [0.4, 0.5) is 17.1 Å². The molecular weight excluding hydrogens is 931 g/mol. The van der Waals surface area contributed by atoms with E-state index in [9.17, 15) is 0 Å². The van der Waals surface area contributed by atoms with Crippen molar-refractivity contribution in [2.24, 2.45) is 0 Å². The standard InChI is InChI=1S/C75H59NO/c1-3-14-48(15-4-1)58-34-39-63-64-40-35-59(49-16-5-2-6-17-49)46-69(64)75(68(63)45-58)67-22-11-9-20-62(67)65-41-38-61(47-70(65)75)76(71-23-13-25-73-74(71)66-21-10-12-24-72(66)77-73)60-36-32-51(33-37-60)53-28-29-56-44-57(31-30-55(56)43-53)54-27-26-50-18-7-8-19-52(50)42-54/h7-13,18-49H,1-6,14-17H2. The molecule has 2 saturated carbocycles. The quantitative estimate of drug-likeness (QED) is 0.158. The highest BCUT2D eigenvalue weighted by Gasteiger charge is 2.52. The average molecular weight is 990 g/mol. The van der Waals surface area contributed by atoms with Crippen molar-refractivity contribution in [2.45, 2.75) is 81.5 Å². The van der Waals surface area contributed by atoms with Crippen molar-refractivity contribution in [3.8, 4) is 44.5 Å². The van der Waals surface area contributed by atoms with E-state index >= 15 is 0 Å². The van der Waals surface area contributed by atoms with Gasteiger partial charge in [0, 0.05) is 16.8 Å². The molecular formula is C75H59NO. The van der Waals surface area contributed by atoms with Gasteiger partial charge in [-0.15, -0.1) is 0 Å². The largest absolute Gasteiger partial charge is 0.456 e. The van der Waals surface area contributed by atoms with Crippen molar-refractivity contribution in [3.05, 3.63) is 258 Å². The Hall–Kier alpha value is -8.46. The van der Waals surface area contributed by atoms with E-state index in [1.165, 1.54) is 164 Å². The van der Waals surface area contributed by atoms with Gasteiger partial charge in [-0.05, 0) is 198 Å². The van der Waals surface area contributed by atoms with E-state index in [-0.39, 0.29) is 0 Å². The summed E-state index contributed by atoms with van der Waals surface area (Å²) in [5.41, 5.74) is 23.7. The minimum absolute atomic E-state index is 0.474. The summed E-state index contributed by atoms with van der Waals surface area (Å²) < 4.78 is 6.64. The molecule has 0 bridgehead atoms. The van der Waals surface area contributed by atoms with E-state index in [0.717, 1.165) is 39.0 Å². The third-order valence-electron chi connectivity index (χ3n) is 18.6. The van der Waals surface area contributed by atoms with Crippen molar-refractivity contribution in [3.63, 3.8) is 0 Å². The van der Waals surface area contributed by atoms with Gasteiger partial charge in [0.15, 0.2) is 0 Å². The fourth-order valence-corrected chi connectivity index (χ4v) is 14.9. The summed E-state index contributed by atoms with van der Waals surface area (Å²) in [6, 6.07) is 85.7. The summed E-state index contributed by atoms with van der Waals surface area (Å²) in [5.74, 6) is 1.20. The molecule has 0 radical (unpaired) electrons. The molecule has 0 amide bonds. The average Bonchev–Trinajstić information content (AvgIpc) is 4.35. The third kappa shape index (κ3) is 7.07. The Bertz CT molecular complexity index is 4250. The van der Waals surface area contributed by atoms with Crippen LogP contribution < -0.4 is 4.90 Å². The van der Waals surface area contributed by atoms with E-state index in [0.29, 0.717) is 11.8 Å². The molecule has 11 aromatic carbocycles. The van der Waals surface area contributed by atoms with Crippen LogP contribution in [-0.2, 0) is 5.41 Å². The number of benzene rings is 11. The van der Waals surface area contributed by atoms with Crippen LogP contribution in [0.2, 0.25) is 0 Å². The van der Waals surface area contributed by atoms with E-state index in [1.807, 2.05) is 0 Å². The monoisotopic (exact) mass is 989 g/mol.